The van der Waals surface area contributed by atoms with Gasteiger partial charge in [0, 0.05) is 11.1 Å². The van der Waals surface area contributed by atoms with Crippen LogP contribution < -0.4 is 10.9 Å². The van der Waals surface area contributed by atoms with Gasteiger partial charge < -0.3 is 5.32 Å². The maximum Gasteiger partial charge on any atom is 0.282 e. The second-order valence-corrected chi connectivity index (χ2v) is 6.57. The van der Waals surface area contributed by atoms with Gasteiger partial charge in [0.25, 0.3) is 5.56 Å². The summed E-state index contributed by atoms with van der Waals surface area (Å²) in [5.41, 5.74) is 2.33. The first kappa shape index (κ1) is 16.4. The summed E-state index contributed by atoms with van der Waals surface area (Å²) in [6.45, 7) is 5.56. The number of fused-ring (bicyclic) bond motifs is 1. The van der Waals surface area contributed by atoms with Crippen molar-refractivity contribution in [2.45, 2.75) is 33.1 Å². The third-order valence-corrected chi connectivity index (χ3v) is 5.04. The van der Waals surface area contributed by atoms with Gasteiger partial charge in [-0.25, -0.2) is 4.98 Å². The van der Waals surface area contributed by atoms with Gasteiger partial charge >= 0.3 is 0 Å². The maximum absolute atomic E-state index is 12.7. The minimum Gasteiger partial charge on any atom is -0.319 e. The van der Waals surface area contributed by atoms with Crippen LogP contribution in [0.2, 0.25) is 0 Å². The lowest BCUT2D eigenvalue weighted by Gasteiger charge is -2.16. The number of carbonyl (C=O) groups excluding carboxylic acids is 1. The summed E-state index contributed by atoms with van der Waals surface area (Å²) >= 11 is 1.42. The zero-order valence-corrected chi connectivity index (χ0v) is 14.7. The maximum atomic E-state index is 12.7. The molecule has 5 nitrogen and oxygen atoms in total. The highest BCUT2D eigenvalue weighted by Gasteiger charge is 2.21. The highest BCUT2D eigenvalue weighted by atomic mass is 32.1. The Labute approximate surface area is 144 Å². The molecule has 0 aliphatic rings. The van der Waals surface area contributed by atoms with E-state index in [0.717, 1.165) is 11.3 Å². The highest BCUT2D eigenvalue weighted by Crippen LogP contribution is 2.22. The SMILES string of the molecule is CC[C@H](C(=O)Nc1c(C)nc2scc(C)n2c1=O)c1ccccc1. The average molecular weight is 341 g/mol. The second-order valence-electron chi connectivity index (χ2n) is 5.73. The van der Waals surface area contributed by atoms with Crippen LogP contribution in [0, 0.1) is 13.8 Å². The van der Waals surface area contributed by atoms with Gasteiger partial charge in [0.2, 0.25) is 5.91 Å². The predicted octanol–water partition coefficient (Wildman–Crippen LogP) is 3.51. The van der Waals surface area contributed by atoms with Crippen LogP contribution >= 0.6 is 11.3 Å². The number of hydrogen-bond donors (Lipinski definition) is 1. The minimum absolute atomic E-state index is 0.182. The van der Waals surface area contributed by atoms with Crippen molar-refractivity contribution in [2.24, 2.45) is 0 Å². The molecule has 1 N–H and O–H groups in total. The van der Waals surface area contributed by atoms with E-state index in [1.165, 1.54) is 15.7 Å². The first-order valence-electron chi connectivity index (χ1n) is 7.86. The van der Waals surface area contributed by atoms with Crippen molar-refractivity contribution < 1.29 is 4.79 Å². The lowest BCUT2D eigenvalue weighted by Crippen LogP contribution is -2.28. The number of aromatic nitrogens is 2. The topological polar surface area (TPSA) is 63.5 Å². The molecule has 0 saturated carbocycles. The Hall–Kier alpha value is -2.47. The molecule has 0 radical (unpaired) electrons. The number of nitrogens with one attached hydrogen (secondary N) is 1. The van der Waals surface area contributed by atoms with E-state index in [2.05, 4.69) is 10.3 Å². The first-order chi connectivity index (χ1) is 11.5. The van der Waals surface area contributed by atoms with E-state index in [1.54, 1.807) is 6.92 Å². The van der Waals surface area contributed by atoms with Gasteiger partial charge in [0.15, 0.2) is 4.96 Å². The summed E-state index contributed by atoms with van der Waals surface area (Å²) in [6, 6.07) is 9.60. The van der Waals surface area contributed by atoms with Crippen molar-refractivity contribution in [2.75, 3.05) is 5.32 Å². The number of aryl methyl sites for hydroxylation is 2. The van der Waals surface area contributed by atoms with E-state index in [1.807, 2.05) is 49.6 Å². The number of benzene rings is 1. The molecule has 24 heavy (non-hydrogen) atoms. The van der Waals surface area contributed by atoms with Crippen molar-refractivity contribution in [1.29, 1.82) is 0 Å². The van der Waals surface area contributed by atoms with Crippen molar-refractivity contribution in [3.05, 3.63) is 63.0 Å². The second kappa shape index (κ2) is 6.57. The summed E-state index contributed by atoms with van der Waals surface area (Å²) < 4.78 is 1.54. The quantitative estimate of drug-likeness (QED) is 0.790. The molecule has 0 aliphatic heterocycles. The van der Waals surface area contributed by atoms with Crippen molar-refractivity contribution in [1.82, 2.24) is 9.38 Å². The Morgan fingerprint density at radius 2 is 2.00 bits per heavy atom. The number of carbonyl (C=O) groups is 1. The summed E-state index contributed by atoms with van der Waals surface area (Å²) in [6.07, 6.45) is 0.656. The van der Waals surface area contributed by atoms with E-state index >= 15 is 0 Å². The van der Waals surface area contributed by atoms with Gasteiger partial charge in [-0.15, -0.1) is 11.3 Å². The van der Waals surface area contributed by atoms with E-state index < -0.39 is 0 Å². The van der Waals surface area contributed by atoms with Crippen molar-refractivity contribution in [3.8, 4) is 0 Å². The molecule has 2 heterocycles. The zero-order chi connectivity index (χ0) is 17.3. The molecule has 0 saturated heterocycles. The minimum atomic E-state index is -0.297. The fourth-order valence-corrected chi connectivity index (χ4v) is 3.70. The number of amides is 1. The summed E-state index contributed by atoms with van der Waals surface area (Å²) in [4.78, 5) is 30.5. The summed E-state index contributed by atoms with van der Waals surface area (Å²) in [5.74, 6) is -0.479. The smallest absolute Gasteiger partial charge is 0.282 e. The molecule has 0 spiro atoms. The highest BCUT2D eigenvalue weighted by molar-refractivity contribution is 7.15. The molecule has 3 aromatic rings. The number of anilines is 1. The molecule has 124 valence electrons. The van der Waals surface area contributed by atoms with Gasteiger partial charge in [0.05, 0.1) is 11.6 Å². The summed E-state index contributed by atoms with van der Waals surface area (Å²) in [5, 5.41) is 4.69. The molecule has 6 heteroatoms. The van der Waals surface area contributed by atoms with Crippen molar-refractivity contribution in [3.63, 3.8) is 0 Å². The Morgan fingerprint density at radius 1 is 1.29 bits per heavy atom. The molecular formula is C18H19N3O2S. The molecule has 0 fully saturated rings. The fourth-order valence-electron chi connectivity index (χ4n) is 2.80. The van der Waals surface area contributed by atoms with E-state index in [9.17, 15) is 9.59 Å². The van der Waals surface area contributed by atoms with Crippen LogP contribution in [0.5, 0.6) is 0 Å². The van der Waals surface area contributed by atoms with Crippen LogP contribution in [0.3, 0.4) is 0 Å². The average Bonchev–Trinajstić information content (AvgIpc) is 2.94. The third-order valence-electron chi connectivity index (χ3n) is 4.10. The molecule has 3 rings (SSSR count). The zero-order valence-electron chi connectivity index (χ0n) is 13.9. The molecule has 0 unspecified atom stereocenters. The number of rotatable bonds is 4. The first-order valence-corrected chi connectivity index (χ1v) is 8.74. The van der Waals surface area contributed by atoms with Gasteiger partial charge in [-0.2, -0.15) is 0 Å². The Balaban J connectivity index is 1.98. The third kappa shape index (κ3) is 2.85. The molecule has 1 aromatic carbocycles. The molecular weight excluding hydrogens is 322 g/mol. The molecule has 2 aromatic heterocycles. The molecule has 1 amide bonds. The number of hydrogen-bond acceptors (Lipinski definition) is 4. The largest absolute Gasteiger partial charge is 0.319 e. The lowest BCUT2D eigenvalue weighted by molar-refractivity contribution is -0.117. The monoisotopic (exact) mass is 341 g/mol. The van der Waals surface area contributed by atoms with Gasteiger partial charge in [-0.3, -0.25) is 14.0 Å². The van der Waals surface area contributed by atoms with Crippen LogP contribution in [0.4, 0.5) is 5.69 Å². The van der Waals surface area contributed by atoms with Gasteiger partial charge in [0.1, 0.15) is 5.69 Å². The van der Waals surface area contributed by atoms with E-state index in [-0.39, 0.29) is 23.1 Å². The molecule has 1 atom stereocenters. The Bertz CT molecular complexity index is 944. The number of thiazole rings is 1. The van der Waals surface area contributed by atoms with Crippen LogP contribution in [-0.4, -0.2) is 15.3 Å². The number of nitrogens with zero attached hydrogens (tertiary/aromatic N) is 2. The van der Waals surface area contributed by atoms with Crippen LogP contribution in [0.25, 0.3) is 4.96 Å². The normalized spacial score (nSPS) is 12.3. The van der Waals surface area contributed by atoms with Crippen LogP contribution in [-0.2, 0) is 4.79 Å². The molecule has 0 aliphatic carbocycles. The van der Waals surface area contributed by atoms with Crippen molar-refractivity contribution >= 4 is 27.9 Å². The standard InChI is InChI=1S/C18H19N3O2S/c1-4-14(13-8-6-5-7-9-13)16(22)20-15-12(3)19-18-21(17(15)23)11(2)10-24-18/h5-10,14H,4H2,1-3H3,(H,20,22)/t14-/m0/s1. The van der Waals surface area contributed by atoms with E-state index in [0.29, 0.717) is 17.1 Å². The lowest BCUT2D eigenvalue weighted by atomic mass is 9.95. The summed E-state index contributed by atoms with van der Waals surface area (Å²) in [7, 11) is 0. The molecule has 0 bridgehead atoms. The van der Waals surface area contributed by atoms with Crippen LogP contribution in [0.15, 0.2) is 40.5 Å². The fraction of sp³-hybridized carbons (Fsp3) is 0.278. The van der Waals surface area contributed by atoms with Gasteiger partial charge in [-0.05, 0) is 25.8 Å². The Kier molecular flexibility index (Phi) is 4.49. The van der Waals surface area contributed by atoms with E-state index in [4.69, 9.17) is 0 Å². The predicted molar refractivity (Wildman–Crippen MR) is 96.9 cm³/mol. The van der Waals surface area contributed by atoms with Gasteiger partial charge in [-0.1, -0.05) is 37.3 Å². The Morgan fingerprint density at radius 3 is 2.67 bits per heavy atom. The van der Waals surface area contributed by atoms with Crippen LogP contribution in [0.1, 0.15) is 36.2 Å².